The van der Waals surface area contributed by atoms with Crippen molar-refractivity contribution in [3.05, 3.63) is 119 Å². The molecule has 0 aliphatic rings. The van der Waals surface area contributed by atoms with Gasteiger partial charge in [0.15, 0.2) is 5.78 Å². The molecular formula is C27H22N2O4. The molecule has 0 atom stereocenters. The molecule has 0 bridgehead atoms. The Morgan fingerprint density at radius 1 is 0.909 bits per heavy atom. The van der Waals surface area contributed by atoms with Crippen molar-refractivity contribution in [3.8, 4) is 5.75 Å². The maximum absolute atomic E-state index is 13.1. The van der Waals surface area contributed by atoms with E-state index in [9.17, 15) is 9.59 Å². The summed E-state index contributed by atoms with van der Waals surface area (Å²) in [6.07, 6.45) is 5.12. The first kappa shape index (κ1) is 21.8. The molecule has 33 heavy (non-hydrogen) atoms. The highest BCUT2D eigenvalue weighted by Crippen LogP contribution is 2.22. The van der Waals surface area contributed by atoms with Crippen LogP contribution in [0.3, 0.4) is 0 Å². The maximum atomic E-state index is 13.1. The molecule has 1 N–H and O–H groups in total. The van der Waals surface area contributed by atoms with Crippen LogP contribution in [-0.4, -0.2) is 28.8 Å². The van der Waals surface area contributed by atoms with Gasteiger partial charge in [-0.25, -0.2) is 9.78 Å². The number of imidazole rings is 1. The van der Waals surface area contributed by atoms with Crippen LogP contribution in [0.5, 0.6) is 5.75 Å². The van der Waals surface area contributed by atoms with E-state index < -0.39 is 0 Å². The van der Waals surface area contributed by atoms with E-state index in [0.717, 1.165) is 11.1 Å². The van der Waals surface area contributed by atoms with Crippen LogP contribution >= 0.6 is 0 Å². The molecule has 0 aliphatic heterocycles. The highest BCUT2D eigenvalue weighted by molar-refractivity contribution is 6.31. The SMILES string of the molecule is COC(=O)c1ccc(COc2ccc(C=C(C(=O)c3ccccc3)c3ncc[nH]3)cc2)cc1. The molecule has 0 amide bonds. The topological polar surface area (TPSA) is 81.3 Å². The van der Waals surface area contributed by atoms with E-state index in [1.54, 1.807) is 36.7 Å². The van der Waals surface area contributed by atoms with Crippen molar-refractivity contribution in [1.29, 1.82) is 0 Å². The fraction of sp³-hybridized carbons (Fsp3) is 0.0741. The van der Waals surface area contributed by atoms with Crippen LogP contribution in [0, 0.1) is 0 Å². The van der Waals surface area contributed by atoms with Crippen LogP contribution in [-0.2, 0) is 11.3 Å². The number of aromatic nitrogens is 2. The van der Waals surface area contributed by atoms with E-state index in [1.165, 1.54) is 7.11 Å². The number of methoxy groups -OCH3 is 1. The molecule has 6 heteroatoms. The van der Waals surface area contributed by atoms with E-state index in [0.29, 0.717) is 34.9 Å². The van der Waals surface area contributed by atoms with Crippen molar-refractivity contribution in [3.63, 3.8) is 0 Å². The molecule has 4 rings (SSSR count). The molecule has 6 nitrogen and oxygen atoms in total. The zero-order chi connectivity index (χ0) is 23.0. The number of nitrogens with zero attached hydrogens (tertiary/aromatic N) is 1. The minimum atomic E-state index is -0.370. The largest absolute Gasteiger partial charge is 0.489 e. The Hall–Kier alpha value is -4.45. The van der Waals surface area contributed by atoms with Crippen molar-refractivity contribution < 1.29 is 19.1 Å². The van der Waals surface area contributed by atoms with E-state index in [1.807, 2.05) is 60.7 Å². The molecule has 0 radical (unpaired) electrons. The van der Waals surface area contributed by atoms with E-state index in [2.05, 4.69) is 9.97 Å². The normalized spacial score (nSPS) is 11.1. The lowest BCUT2D eigenvalue weighted by Crippen LogP contribution is -2.04. The summed E-state index contributed by atoms with van der Waals surface area (Å²) in [5.74, 6) is 0.727. The number of allylic oxidation sites excluding steroid dienone is 1. The first-order valence-corrected chi connectivity index (χ1v) is 10.4. The van der Waals surface area contributed by atoms with Gasteiger partial charge in [-0.3, -0.25) is 4.79 Å². The summed E-state index contributed by atoms with van der Waals surface area (Å²) in [7, 11) is 1.35. The quantitative estimate of drug-likeness (QED) is 0.232. The monoisotopic (exact) mass is 438 g/mol. The number of hydrogen-bond donors (Lipinski definition) is 1. The Labute approximate surface area is 191 Å². The number of carbonyl (C=O) groups is 2. The molecule has 0 aliphatic carbocycles. The van der Waals surface area contributed by atoms with Crippen LogP contribution < -0.4 is 4.74 Å². The van der Waals surface area contributed by atoms with Crippen molar-refractivity contribution >= 4 is 23.4 Å². The Balaban J connectivity index is 1.48. The van der Waals surface area contributed by atoms with Crippen LogP contribution in [0.15, 0.2) is 91.3 Å². The van der Waals surface area contributed by atoms with Gasteiger partial charge in [-0.15, -0.1) is 0 Å². The Bertz CT molecular complexity index is 1240. The molecule has 3 aromatic carbocycles. The van der Waals surface area contributed by atoms with Crippen molar-refractivity contribution in [2.24, 2.45) is 0 Å². The summed E-state index contributed by atoms with van der Waals surface area (Å²) in [4.78, 5) is 31.9. The number of H-pyrrole nitrogens is 1. The number of nitrogens with one attached hydrogen (secondary N) is 1. The number of hydrogen-bond acceptors (Lipinski definition) is 5. The minimum Gasteiger partial charge on any atom is -0.489 e. The summed E-state index contributed by atoms with van der Waals surface area (Å²) >= 11 is 0. The van der Waals surface area contributed by atoms with Gasteiger partial charge in [-0.1, -0.05) is 54.6 Å². The first-order chi connectivity index (χ1) is 16.1. The van der Waals surface area contributed by atoms with Gasteiger partial charge in [-0.2, -0.15) is 0 Å². The molecule has 164 valence electrons. The van der Waals surface area contributed by atoms with Gasteiger partial charge >= 0.3 is 5.97 Å². The van der Waals surface area contributed by atoms with E-state index in [-0.39, 0.29) is 11.8 Å². The third kappa shape index (κ3) is 5.43. The molecular weight excluding hydrogens is 416 g/mol. The van der Waals surface area contributed by atoms with E-state index in [4.69, 9.17) is 9.47 Å². The van der Waals surface area contributed by atoms with Crippen LogP contribution in [0.2, 0.25) is 0 Å². The molecule has 0 saturated carbocycles. The smallest absolute Gasteiger partial charge is 0.337 e. The van der Waals surface area contributed by atoms with Gasteiger partial charge < -0.3 is 14.5 Å². The highest BCUT2D eigenvalue weighted by Gasteiger charge is 2.16. The van der Waals surface area contributed by atoms with Gasteiger partial charge in [0.2, 0.25) is 0 Å². The van der Waals surface area contributed by atoms with Crippen LogP contribution in [0.1, 0.15) is 37.7 Å². The number of aromatic amines is 1. The number of rotatable bonds is 8. The second kappa shape index (κ2) is 10.2. The molecule has 0 fully saturated rings. The zero-order valence-corrected chi connectivity index (χ0v) is 18.0. The van der Waals surface area contributed by atoms with Crippen LogP contribution in [0.4, 0.5) is 0 Å². The minimum absolute atomic E-state index is 0.110. The summed E-state index contributed by atoms with van der Waals surface area (Å²) < 4.78 is 10.6. The second-order valence-corrected chi connectivity index (χ2v) is 7.24. The lowest BCUT2D eigenvalue weighted by molar-refractivity contribution is 0.0600. The lowest BCUT2D eigenvalue weighted by atomic mass is 10.0. The average Bonchev–Trinajstić information content (AvgIpc) is 3.41. The third-order valence-corrected chi connectivity index (χ3v) is 5.01. The average molecular weight is 438 g/mol. The Morgan fingerprint density at radius 2 is 1.64 bits per heavy atom. The maximum Gasteiger partial charge on any atom is 0.337 e. The molecule has 1 aromatic heterocycles. The number of Topliss-reactive ketones (excluding diaryl/α,β-unsaturated/α-hetero) is 1. The zero-order valence-electron chi connectivity index (χ0n) is 18.0. The summed E-state index contributed by atoms with van der Waals surface area (Å²) in [5.41, 5.74) is 3.35. The molecule has 0 spiro atoms. The van der Waals surface area contributed by atoms with Gasteiger partial charge in [0.05, 0.1) is 18.2 Å². The standard InChI is InChI=1S/C27H22N2O4/c1-32-27(31)22-11-7-20(8-12-22)18-33-23-13-9-19(10-14-23)17-24(26-28-15-16-29-26)25(30)21-5-3-2-4-6-21/h2-17H,18H2,1H3,(H,28,29). The van der Waals surface area contributed by atoms with E-state index >= 15 is 0 Å². The number of ketones is 1. The Morgan fingerprint density at radius 3 is 2.27 bits per heavy atom. The van der Waals surface area contributed by atoms with Gasteiger partial charge in [-0.05, 0) is 41.5 Å². The Kier molecular flexibility index (Phi) is 6.75. The summed E-state index contributed by atoms with van der Waals surface area (Å²) in [5, 5.41) is 0. The van der Waals surface area contributed by atoms with Gasteiger partial charge in [0.1, 0.15) is 18.2 Å². The van der Waals surface area contributed by atoms with Gasteiger partial charge in [0, 0.05) is 18.0 Å². The summed E-state index contributed by atoms with van der Waals surface area (Å²) in [6, 6.07) is 23.7. The number of ether oxygens (including phenoxy) is 2. The van der Waals surface area contributed by atoms with Crippen molar-refractivity contribution in [1.82, 2.24) is 9.97 Å². The molecule has 4 aromatic rings. The lowest BCUT2D eigenvalue weighted by Gasteiger charge is -2.08. The summed E-state index contributed by atoms with van der Waals surface area (Å²) in [6.45, 7) is 0.362. The first-order valence-electron chi connectivity index (χ1n) is 10.4. The predicted molar refractivity (Wildman–Crippen MR) is 126 cm³/mol. The van der Waals surface area contributed by atoms with Crippen molar-refractivity contribution in [2.75, 3.05) is 7.11 Å². The van der Waals surface area contributed by atoms with Gasteiger partial charge in [0.25, 0.3) is 0 Å². The molecule has 0 unspecified atom stereocenters. The predicted octanol–water partition coefficient (Wildman–Crippen LogP) is 5.20. The third-order valence-electron chi connectivity index (χ3n) is 5.01. The number of carbonyl (C=O) groups excluding carboxylic acids is 2. The number of esters is 1. The fourth-order valence-electron chi connectivity index (χ4n) is 3.25. The fourth-order valence-corrected chi connectivity index (χ4v) is 3.25. The molecule has 1 heterocycles. The number of benzene rings is 3. The molecule has 0 saturated heterocycles. The highest BCUT2D eigenvalue weighted by atomic mass is 16.5. The second-order valence-electron chi connectivity index (χ2n) is 7.24. The van der Waals surface area contributed by atoms with Crippen molar-refractivity contribution in [2.45, 2.75) is 6.61 Å². The van der Waals surface area contributed by atoms with Crippen LogP contribution in [0.25, 0.3) is 11.6 Å².